The molecule has 0 saturated carbocycles. The van der Waals surface area contributed by atoms with Crippen molar-refractivity contribution < 1.29 is 18.7 Å². The van der Waals surface area contributed by atoms with Gasteiger partial charge in [0.1, 0.15) is 18.2 Å². The molecule has 1 aliphatic heterocycles. The van der Waals surface area contributed by atoms with Crippen molar-refractivity contribution in [2.24, 2.45) is 0 Å². The van der Waals surface area contributed by atoms with Gasteiger partial charge in [0.25, 0.3) is 0 Å². The van der Waals surface area contributed by atoms with Crippen molar-refractivity contribution in [3.63, 3.8) is 0 Å². The number of methoxy groups -OCH3 is 1. The molecular weight excluding hydrogens is 425 g/mol. The molecule has 8 heteroatoms. The fourth-order valence-electron chi connectivity index (χ4n) is 3.90. The number of rotatable bonds is 9. The summed E-state index contributed by atoms with van der Waals surface area (Å²) in [4.78, 5) is 26.7. The van der Waals surface area contributed by atoms with Gasteiger partial charge in [-0.3, -0.25) is 14.5 Å². The van der Waals surface area contributed by atoms with Crippen molar-refractivity contribution in [3.8, 4) is 5.75 Å². The average Bonchev–Trinajstić information content (AvgIpc) is 2.81. The molecule has 2 heterocycles. The Labute approximate surface area is 194 Å². The van der Waals surface area contributed by atoms with Crippen LogP contribution in [-0.2, 0) is 9.53 Å². The Morgan fingerprint density at radius 3 is 2.82 bits per heavy atom. The number of nitrogens with one attached hydrogen (secondary N) is 2. The number of halogens is 1. The molecule has 1 saturated heterocycles. The van der Waals surface area contributed by atoms with Crippen LogP contribution in [0, 0.1) is 5.82 Å². The Balaban J connectivity index is 0.000000257. The molecule has 1 aliphatic rings. The average molecular weight is 460 g/mol. The third kappa shape index (κ3) is 8.24. The Kier molecular flexibility index (Phi) is 11.0. The Hall–Kier alpha value is -2.81. The summed E-state index contributed by atoms with van der Waals surface area (Å²) in [7, 11) is 3.89. The third-order valence-corrected chi connectivity index (χ3v) is 5.61. The zero-order valence-corrected chi connectivity index (χ0v) is 19.6. The monoisotopic (exact) mass is 459 g/mol. The molecule has 0 aliphatic carbocycles. The first kappa shape index (κ1) is 26.4. The van der Waals surface area contributed by atoms with Crippen LogP contribution < -0.4 is 15.6 Å². The Morgan fingerprint density at radius 2 is 2.15 bits per heavy atom. The molecule has 2 aromatic rings. The number of hydrogen-bond acceptors (Lipinski definition) is 6. The van der Waals surface area contributed by atoms with Crippen LogP contribution in [-0.4, -0.2) is 62.2 Å². The second kappa shape index (κ2) is 13.7. The summed E-state index contributed by atoms with van der Waals surface area (Å²) in [6, 6.07) is 10.2. The fourth-order valence-corrected chi connectivity index (χ4v) is 3.90. The first-order valence-corrected chi connectivity index (χ1v) is 11.0. The molecule has 1 aromatic carbocycles. The summed E-state index contributed by atoms with van der Waals surface area (Å²) in [5.41, 5.74) is 1.43. The molecule has 0 amide bonds. The number of aromatic amines is 1. The minimum atomic E-state index is -0.353. The van der Waals surface area contributed by atoms with Crippen LogP contribution in [0.3, 0.4) is 0 Å². The lowest BCUT2D eigenvalue weighted by Crippen LogP contribution is -2.55. The number of H-pyrrole nitrogens is 1. The van der Waals surface area contributed by atoms with E-state index in [9.17, 15) is 14.0 Å². The molecule has 0 spiro atoms. The first-order chi connectivity index (χ1) is 15.9. The smallest absolute Gasteiger partial charge is 0.248 e. The van der Waals surface area contributed by atoms with Crippen molar-refractivity contribution in [3.05, 3.63) is 70.4 Å². The van der Waals surface area contributed by atoms with Crippen LogP contribution in [0.5, 0.6) is 5.75 Å². The van der Waals surface area contributed by atoms with E-state index in [4.69, 9.17) is 9.47 Å². The number of benzene rings is 1. The van der Waals surface area contributed by atoms with Crippen LogP contribution in [0.1, 0.15) is 37.1 Å². The van der Waals surface area contributed by atoms with Gasteiger partial charge in [-0.2, -0.15) is 0 Å². The molecule has 1 fully saturated rings. The van der Waals surface area contributed by atoms with E-state index < -0.39 is 0 Å². The summed E-state index contributed by atoms with van der Waals surface area (Å²) < 4.78 is 23.1. The second-order valence-corrected chi connectivity index (χ2v) is 7.97. The number of piperidine rings is 1. The van der Waals surface area contributed by atoms with Crippen LogP contribution in [0.4, 0.5) is 4.39 Å². The number of carbonyl (C=O) groups excluding carboxylic acids is 1. The molecule has 0 radical (unpaired) electrons. The van der Waals surface area contributed by atoms with E-state index in [2.05, 4.69) is 35.8 Å². The van der Waals surface area contributed by atoms with Gasteiger partial charge in [-0.15, -0.1) is 0 Å². The Morgan fingerprint density at radius 1 is 1.36 bits per heavy atom. The SMILES string of the molecule is C=Cc1cc(F)ccc1OCC=O.COCC1C(NC(C)c2cccc(=O)[nH]2)CCCN1C. The van der Waals surface area contributed by atoms with Gasteiger partial charge in [0.05, 0.1) is 6.61 Å². The molecule has 3 unspecified atom stereocenters. The van der Waals surface area contributed by atoms with Gasteiger partial charge in [-0.25, -0.2) is 4.39 Å². The highest BCUT2D eigenvalue weighted by Crippen LogP contribution is 2.21. The van der Waals surface area contributed by atoms with E-state index in [1.807, 2.05) is 6.07 Å². The minimum absolute atomic E-state index is 0.0352. The lowest BCUT2D eigenvalue weighted by atomic mass is 9.96. The van der Waals surface area contributed by atoms with Crippen LogP contribution in [0.15, 0.2) is 47.8 Å². The van der Waals surface area contributed by atoms with Crippen LogP contribution in [0.25, 0.3) is 6.08 Å². The first-order valence-electron chi connectivity index (χ1n) is 11.0. The van der Waals surface area contributed by atoms with Gasteiger partial charge < -0.3 is 19.8 Å². The number of aromatic nitrogens is 1. The van der Waals surface area contributed by atoms with Crippen LogP contribution >= 0.6 is 0 Å². The molecule has 0 bridgehead atoms. The summed E-state index contributed by atoms with van der Waals surface area (Å²) in [6.45, 7) is 7.40. The van der Waals surface area contributed by atoms with Crippen molar-refractivity contribution in [2.45, 2.75) is 37.9 Å². The molecule has 3 rings (SSSR count). The maximum atomic E-state index is 12.7. The molecule has 33 heavy (non-hydrogen) atoms. The van der Waals surface area contributed by atoms with E-state index in [1.165, 1.54) is 30.7 Å². The van der Waals surface area contributed by atoms with Gasteiger partial charge >= 0.3 is 0 Å². The number of pyridine rings is 1. The zero-order valence-electron chi connectivity index (χ0n) is 19.6. The van der Waals surface area contributed by atoms with E-state index in [-0.39, 0.29) is 24.0 Å². The van der Waals surface area contributed by atoms with Gasteiger partial charge in [0, 0.05) is 42.6 Å². The van der Waals surface area contributed by atoms with Crippen molar-refractivity contribution in [1.29, 1.82) is 0 Å². The van der Waals surface area contributed by atoms with Crippen molar-refractivity contribution in [2.75, 3.05) is 33.9 Å². The predicted octanol–water partition coefficient (Wildman–Crippen LogP) is 3.18. The molecule has 7 nitrogen and oxygen atoms in total. The second-order valence-electron chi connectivity index (χ2n) is 7.97. The number of carbonyl (C=O) groups is 1. The number of likely N-dealkylation sites (N-methyl/N-ethyl adjacent to an activating group) is 1. The van der Waals surface area contributed by atoms with E-state index >= 15 is 0 Å². The highest BCUT2D eigenvalue weighted by Gasteiger charge is 2.30. The zero-order chi connectivity index (χ0) is 24.2. The number of ether oxygens (including phenoxy) is 2. The summed E-state index contributed by atoms with van der Waals surface area (Å²) >= 11 is 0. The number of likely N-dealkylation sites (tertiary alicyclic amines) is 1. The molecular formula is C25H34FN3O4. The summed E-state index contributed by atoms with van der Waals surface area (Å²) in [6.07, 6.45) is 4.44. The maximum Gasteiger partial charge on any atom is 0.248 e. The van der Waals surface area contributed by atoms with Gasteiger partial charge in [-0.1, -0.05) is 18.7 Å². The quantitative estimate of drug-likeness (QED) is 0.561. The normalized spacial score (nSPS) is 19.2. The lowest BCUT2D eigenvalue weighted by molar-refractivity contribution is -0.109. The van der Waals surface area contributed by atoms with Crippen molar-refractivity contribution >= 4 is 12.4 Å². The summed E-state index contributed by atoms with van der Waals surface area (Å²) in [5.74, 6) is 0.108. The molecule has 180 valence electrons. The Bertz CT molecular complexity index is 949. The van der Waals surface area contributed by atoms with Gasteiger partial charge in [0.15, 0.2) is 6.29 Å². The van der Waals surface area contributed by atoms with Crippen molar-refractivity contribution in [1.82, 2.24) is 15.2 Å². The van der Waals surface area contributed by atoms with E-state index in [1.54, 1.807) is 19.2 Å². The fraction of sp³-hybridized carbons (Fsp3) is 0.440. The minimum Gasteiger partial charge on any atom is -0.486 e. The van der Waals surface area contributed by atoms with Gasteiger partial charge in [-0.05, 0) is 57.6 Å². The standard InChI is InChI=1S/C15H25N3O2.C10H9FO2/c1-11(12-6-4-8-15(19)17-12)16-13-7-5-9-18(2)14(13)10-20-3;1-2-8-7-9(11)3-4-10(8)13-6-5-12/h4,6,8,11,13-14,16H,5,7,9-10H2,1-3H3,(H,17,19);2-5,7H,1,6H2. The molecule has 1 aromatic heterocycles. The van der Waals surface area contributed by atoms with Gasteiger partial charge in [0.2, 0.25) is 5.56 Å². The van der Waals surface area contributed by atoms with Crippen LogP contribution in [0.2, 0.25) is 0 Å². The lowest BCUT2D eigenvalue weighted by Gasteiger charge is -2.40. The molecule has 2 N–H and O–H groups in total. The third-order valence-electron chi connectivity index (χ3n) is 5.61. The number of nitrogens with zero attached hydrogens (tertiary/aromatic N) is 1. The topological polar surface area (TPSA) is 83.7 Å². The highest BCUT2D eigenvalue weighted by atomic mass is 19.1. The number of hydrogen-bond donors (Lipinski definition) is 2. The highest BCUT2D eigenvalue weighted by molar-refractivity contribution is 5.57. The van der Waals surface area contributed by atoms with E-state index in [0.29, 0.717) is 29.7 Å². The maximum absolute atomic E-state index is 12.7. The summed E-state index contributed by atoms with van der Waals surface area (Å²) in [5, 5.41) is 3.64. The predicted molar refractivity (Wildman–Crippen MR) is 128 cm³/mol. The largest absolute Gasteiger partial charge is 0.486 e. The molecule has 3 atom stereocenters. The number of aldehydes is 1. The van der Waals surface area contributed by atoms with E-state index in [0.717, 1.165) is 25.3 Å².